The van der Waals surface area contributed by atoms with E-state index in [1.165, 1.54) is 16.8 Å². The third-order valence-corrected chi connectivity index (χ3v) is 4.72. The minimum Gasteiger partial charge on any atom is -0.337 e. The van der Waals surface area contributed by atoms with E-state index in [9.17, 15) is 14.9 Å². The first-order chi connectivity index (χ1) is 11.8. The van der Waals surface area contributed by atoms with Crippen LogP contribution in [0.2, 0.25) is 0 Å². The van der Waals surface area contributed by atoms with Crippen LogP contribution >= 0.6 is 0 Å². The molecule has 1 amide bonds. The fraction of sp³-hybridized carbons (Fsp3) is 0.438. The second-order valence-electron chi connectivity index (χ2n) is 6.70. The summed E-state index contributed by atoms with van der Waals surface area (Å²) < 4.78 is 1.44. The van der Waals surface area contributed by atoms with Gasteiger partial charge in [-0.15, -0.1) is 5.10 Å². The molecule has 1 aliphatic rings. The molecule has 1 aliphatic heterocycles. The molecule has 2 N–H and O–H groups in total. The Morgan fingerprint density at radius 1 is 1.48 bits per heavy atom. The number of rotatable bonds is 4. The number of non-ortho nitro benzene ring substituents is 1. The summed E-state index contributed by atoms with van der Waals surface area (Å²) in [6.07, 6.45) is 0.854. The van der Waals surface area contributed by atoms with E-state index in [2.05, 4.69) is 17.2 Å². The highest BCUT2D eigenvalue weighted by Crippen LogP contribution is 2.29. The Labute approximate surface area is 144 Å². The van der Waals surface area contributed by atoms with Crippen LogP contribution < -0.4 is 5.73 Å². The fourth-order valence-electron chi connectivity index (χ4n) is 3.02. The smallest absolute Gasteiger partial charge is 0.276 e. The average Bonchev–Trinajstić information content (AvgIpc) is 3.18. The van der Waals surface area contributed by atoms with Crippen LogP contribution in [0.15, 0.2) is 24.3 Å². The quantitative estimate of drug-likeness (QED) is 0.659. The number of amides is 1. The van der Waals surface area contributed by atoms with Gasteiger partial charge in [0.25, 0.3) is 11.6 Å². The Kier molecular flexibility index (Phi) is 4.25. The second-order valence-corrected chi connectivity index (χ2v) is 6.70. The Bertz CT molecular complexity index is 833. The molecule has 3 rings (SSSR count). The monoisotopic (exact) mass is 344 g/mol. The number of hydrogen-bond acceptors (Lipinski definition) is 6. The molecule has 1 fully saturated rings. The lowest BCUT2D eigenvalue weighted by Gasteiger charge is -2.22. The molecule has 9 nitrogen and oxygen atoms in total. The third kappa shape index (κ3) is 3.10. The molecule has 1 aromatic heterocycles. The number of carbonyl (C=O) groups excluding carboxylic acids is 1. The van der Waals surface area contributed by atoms with E-state index in [4.69, 9.17) is 5.73 Å². The van der Waals surface area contributed by atoms with Crippen molar-refractivity contribution in [3.8, 4) is 5.69 Å². The number of nitro groups is 1. The lowest BCUT2D eigenvalue weighted by Crippen LogP contribution is -2.35. The predicted octanol–water partition coefficient (Wildman–Crippen LogP) is 1.29. The van der Waals surface area contributed by atoms with Gasteiger partial charge in [0.2, 0.25) is 0 Å². The van der Waals surface area contributed by atoms with E-state index in [-0.39, 0.29) is 22.7 Å². The normalized spacial score (nSPS) is 20.0. The molecule has 132 valence electrons. The van der Waals surface area contributed by atoms with E-state index in [0.29, 0.717) is 31.0 Å². The summed E-state index contributed by atoms with van der Waals surface area (Å²) >= 11 is 0. The third-order valence-electron chi connectivity index (χ3n) is 4.72. The van der Waals surface area contributed by atoms with Gasteiger partial charge in [0.05, 0.1) is 16.3 Å². The molecule has 1 atom stereocenters. The summed E-state index contributed by atoms with van der Waals surface area (Å²) in [4.78, 5) is 25.0. The van der Waals surface area contributed by atoms with Crippen LogP contribution in [0.25, 0.3) is 5.69 Å². The van der Waals surface area contributed by atoms with Gasteiger partial charge in [0, 0.05) is 25.2 Å². The van der Waals surface area contributed by atoms with Gasteiger partial charge in [0.1, 0.15) is 0 Å². The summed E-state index contributed by atoms with van der Waals surface area (Å²) in [5, 5.41) is 18.9. The number of likely N-dealkylation sites (tertiary alicyclic amines) is 1. The molecule has 25 heavy (non-hydrogen) atoms. The molecule has 1 saturated heterocycles. The summed E-state index contributed by atoms with van der Waals surface area (Å²) in [7, 11) is 0. The topological polar surface area (TPSA) is 120 Å². The van der Waals surface area contributed by atoms with Crippen LogP contribution in [0.3, 0.4) is 0 Å². The van der Waals surface area contributed by atoms with Crippen molar-refractivity contribution < 1.29 is 9.72 Å². The summed E-state index contributed by atoms with van der Waals surface area (Å²) in [6, 6.07) is 6.06. The van der Waals surface area contributed by atoms with Gasteiger partial charge in [-0.2, -0.15) is 0 Å². The van der Waals surface area contributed by atoms with Crippen molar-refractivity contribution in [2.45, 2.75) is 20.3 Å². The average molecular weight is 344 g/mol. The maximum atomic E-state index is 12.8. The minimum absolute atomic E-state index is 0.0430. The van der Waals surface area contributed by atoms with Crippen LogP contribution in [-0.2, 0) is 0 Å². The van der Waals surface area contributed by atoms with Gasteiger partial charge < -0.3 is 10.6 Å². The fourth-order valence-corrected chi connectivity index (χ4v) is 3.02. The first-order valence-corrected chi connectivity index (χ1v) is 8.01. The van der Waals surface area contributed by atoms with E-state index in [1.807, 2.05) is 0 Å². The summed E-state index contributed by atoms with van der Waals surface area (Å²) in [5.74, 6) is -0.189. The highest BCUT2D eigenvalue weighted by atomic mass is 16.6. The largest absolute Gasteiger partial charge is 0.337 e. The van der Waals surface area contributed by atoms with Crippen molar-refractivity contribution in [1.29, 1.82) is 0 Å². The van der Waals surface area contributed by atoms with Crippen molar-refractivity contribution >= 4 is 11.6 Å². The Balaban J connectivity index is 1.88. The number of nitrogens with zero attached hydrogens (tertiary/aromatic N) is 5. The van der Waals surface area contributed by atoms with E-state index in [0.717, 1.165) is 6.42 Å². The van der Waals surface area contributed by atoms with Gasteiger partial charge in [-0.1, -0.05) is 18.2 Å². The molecule has 2 heterocycles. The van der Waals surface area contributed by atoms with Crippen LogP contribution in [0.1, 0.15) is 29.5 Å². The maximum Gasteiger partial charge on any atom is 0.276 e. The molecule has 0 aliphatic carbocycles. The number of benzene rings is 1. The van der Waals surface area contributed by atoms with Crippen LogP contribution in [0.4, 0.5) is 5.69 Å². The molecule has 1 unspecified atom stereocenters. The minimum atomic E-state index is -0.473. The van der Waals surface area contributed by atoms with Gasteiger partial charge >= 0.3 is 0 Å². The molecule has 9 heteroatoms. The number of nitro benzene ring substituents is 1. The van der Waals surface area contributed by atoms with Crippen molar-refractivity contribution in [2.24, 2.45) is 11.1 Å². The molecule has 2 aromatic rings. The van der Waals surface area contributed by atoms with E-state index >= 15 is 0 Å². The Morgan fingerprint density at radius 2 is 2.24 bits per heavy atom. The maximum absolute atomic E-state index is 12.8. The van der Waals surface area contributed by atoms with Crippen LogP contribution in [-0.4, -0.2) is 50.4 Å². The van der Waals surface area contributed by atoms with Crippen LogP contribution in [0.5, 0.6) is 0 Å². The highest BCUT2D eigenvalue weighted by molar-refractivity contribution is 5.93. The predicted molar refractivity (Wildman–Crippen MR) is 90.4 cm³/mol. The lowest BCUT2D eigenvalue weighted by molar-refractivity contribution is -0.384. The Morgan fingerprint density at radius 3 is 2.88 bits per heavy atom. The molecular weight excluding hydrogens is 324 g/mol. The van der Waals surface area contributed by atoms with Crippen molar-refractivity contribution in [3.63, 3.8) is 0 Å². The first kappa shape index (κ1) is 17.0. The van der Waals surface area contributed by atoms with Crippen molar-refractivity contribution in [2.75, 3.05) is 19.6 Å². The van der Waals surface area contributed by atoms with E-state index < -0.39 is 4.92 Å². The van der Waals surface area contributed by atoms with Crippen molar-refractivity contribution in [3.05, 3.63) is 45.8 Å². The summed E-state index contributed by atoms with van der Waals surface area (Å²) in [5.41, 5.74) is 6.98. The van der Waals surface area contributed by atoms with Gasteiger partial charge in [-0.25, -0.2) is 4.68 Å². The number of carbonyl (C=O) groups is 1. The Hall–Kier alpha value is -2.81. The van der Waals surface area contributed by atoms with Gasteiger partial charge in [-0.05, 0) is 31.4 Å². The highest BCUT2D eigenvalue weighted by Gasteiger charge is 2.36. The van der Waals surface area contributed by atoms with E-state index in [1.54, 1.807) is 24.0 Å². The molecule has 1 aromatic carbocycles. The van der Waals surface area contributed by atoms with Gasteiger partial charge in [-0.3, -0.25) is 14.9 Å². The molecule has 0 bridgehead atoms. The van der Waals surface area contributed by atoms with Crippen molar-refractivity contribution in [1.82, 2.24) is 19.9 Å². The second kappa shape index (κ2) is 6.25. The molecule has 0 saturated carbocycles. The zero-order valence-electron chi connectivity index (χ0n) is 14.2. The molecule has 0 radical (unpaired) electrons. The number of nitrogens with two attached hydrogens (primary N) is 1. The molecule has 0 spiro atoms. The number of hydrogen-bond donors (Lipinski definition) is 1. The first-order valence-electron chi connectivity index (χ1n) is 8.01. The zero-order chi connectivity index (χ0) is 18.2. The standard InChI is InChI=1S/C16H20N6O3/c1-11-14(15(23)20-7-6-16(2,9-17)10-20)18-19-21(11)12-4-3-5-13(8-12)22(24)25/h3-5,8H,6-7,9-10,17H2,1-2H3. The summed E-state index contributed by atoms with van der Waals surface area (Å²) in [6.45, 7) is 5.54. The SMILES string of the molecule is Cc1c(C(=O)N2CCC(C)(CN)C2)nnn1-c1cccc([N+](=O)[O-])c1. The lowest BCUT2D eigenvalue weighted by atomic mass is 9.90. The zero-order valence-corrected chi connectivity index (χ0v) is 14.2. The number of aromatic nitrogens is 3. The van der Waals surface area contributed by atoms with Gasteiger partial charge in [0.15, 0.2) is 5.69 Å². The molecular formula is C16H20N6O3. The van der Waals surface area contributed by atoms with Crippen LogP contribution in [0, 0.1) is 22.5 Å².